The maximum Gasteiger partial charge on any atom is 0.0221 e. The normalized spacial score (nSPS) is 17.8. The summed E-state index contributed by atoms with van der Waals surface area (Å²) in [6.45, 7) is 1.00. The first kappa shape index (κ1) is 15.4. The minimum atomic E-state index is 0.286. The van der Waals surface area contributed by atoms with Crippen molar-refractivity contribution in [2.75, 3.05) is 12.3 Å². The van der Waals surface area contributed by atoms with E-state index in [1.807, 2.05) is 0 Å². The van der Waals surface area contributed by atoms with Gasteiger partial charge in [-0.3, -0.25) is 0 Å². The van der Waals surface area contributed by atoms with Gasteiger partial charge in [-0.1, -0.05) is 40.9 Å². The molecule has 4 heteroatoms. The van der Waals surface area contributed by atoms with Crippen LogP contribution in [0.3, 0.4) is 0 Å². The van der Waals surface area contributed by atoms with Crippen molar-refractivity contribution >= 4 is 28.0 Å². The van der Waals surface area contributed by atoms with E-state index in [0.29, 0.717) is 0 Å². The lowest BCUT2D eigenvalue weighted by molar-refractivity contribution is 0.330. The molecule has 1 fully saturated rings. The van der Waals surface area contributed by atoms with Gasteiger partial charge in [0.05, 0.1) is 0 Å². The third-order valence-corrected chi connectivity index (χ3v) is 4.93. The highest BCUT2D eigenvalue weighted by atomic mass is 79.9. The second-order valence-corrected chi connectivity index (χ2v) is 6.99. The lowest BCUT2D eigenvalue weighted by atomic mass is 9.89. The third-order valence-electron chi connectivity index (χ3n) is 3.93. The number of benzene rings is 1. The molecule has 1 aromatic carbocycles. The summed E-state index contributed by atoms with van der Waals surface area (Å²) in [4.78, 5) is 0. The summed E-state index contributed by atoms with van der Waals surface area (Å²) in [7, 11) is 0. The zero-order valence-electron chi connectivity index (χ0n) is 11.2. The fourth-order valence-corrected chi connectivity index (χ4v) is 3.49. The maximum absolute atomic E-state index is 8.77. The SMILES string of the molecule is OSCCCNC1(Cc2ccc(Br)cc2)CCCC1. The van der Waals surface area contributed by atoms with Crippen LogP contribution in [0.5, 0.6) is 0 Å². The molecule has 2 rings (SSSR count). The number of nitrogens with one attached hydrogen (secondary N) is 1. The van der Waals surface area contributed by atoms with Crippen LogP contribution in [0, 0.1) is 0 Å². The van der Waals surface area contributed by atoms with Crippen LogP contribution < -0.4 is 5.32 Å². The highest BCUT2D eigenvalue weighted by Gasteiger charge is 2.32. The second kappa shape index (κ2) is 7.67. The molecule has 0 aliphatic heterocycles. The van der Waals surface area contributed by atoms with Crippen molar-refractivity contribution in [3.05, 3.63) is 34.3 Å². The molecule has 0 heterocycles. The average molecular weight is 344 g/mol. The molecule has 0 saturated heterocycles. The van der Waals surface area contributed by atoms with Gasteiger partial charge in [-0.25, -0.2) is 0 Å². The zero-order valence-corrected chi connectivity index (χ0v) is 13.6. The molecule has 0 atom stereocenters. The van der Waals surface area contributed by atoms with Crippen LogP contribution >= 0.6 is 28.0 Å². The molecule has 1 aliphatic rings. The van der Waals surface area contributed by atoms with E-state index in [-0.39, 0.29) is 5.54 Å². The van der Waals surface area contributed by atoms with Gasteiger partial charge in [0.2, 0.25) is 0 Å². The van der Waals surface area contributed by atoms with E-state index in [1.165, 1.54) is 31.2 Å². The van der Waals surface area contributed by atoms with Crippen LogP contribution in [-0.2, 0) is 6.42 Å². The van der Waals surface area contributed by atoms with Gasteiger partial charge in [-0.2, -0.15) is 0 Å². The predicted octanol–water partition coefficient (Wildman–Crippen LogP) is 4.49. The van der Waals surface area contributed by atoms with E-state index >= 15 is 0 Å². The summed E-state index contributed by atoms with van der Waals surface area (Å²) in [6.07, 6.45) is 7.36. The van der Waals surface area contributed by atoms with Gasteiger partial charge in [0.1, 0.15) is 0 Å². The molecule has 106 valence electrons. The number of halogens is 1. The van der Waals surface area contributed by atoms with Crippen molar-refractivity contribution in [3.63, 3.8) is 0 Å². The fraction of sp³-hybridized carbons (Fsp3) is 0.600. The molecule has 1 aromatic rings. The largest absolute Gasteiger partial charge is 0.330 e. The van der Waals surface area contributed by atoms with E-state index in [9.17, 15) is 0 Å². The van der Waals surface area contributed by atoms with Gasteiger partial charge < -0.3 is 9.87 Å². The molecule has 0 unspecified atom stereocenters. The van der Waals surface area contributed by atoms with E-state index in [2.05, 4.69) is 45.5 Å². The summed E-state index contributed by atoms with van der Waals surface area (Å²) < 4.78 is 9.91. The molecule has 0 aromatic heterocycles. The Morgan fingerprint density at radius 1 is 1.21 bits per heavy atom. The summed E-state index contributed by atoms with van der Waals surface area (Å²) in [5.74, 6) is 0.821. The molecular weight excluding hydrogens is 322 g/mol. The molecule has 0 bridgehead atoms. The van der Waals surface area contributed by atoms with Crippen molar-refractivity contribution in [1.82, 2.24) is 5.32 Å². The highest BCUT2D eigenvalue weighted by Crippen LogP contribution is 2.33. The molecule has 19 heavy (non-hydrogen) atoms. The van der Waals surface area contributed by atoms with E-state index in [1.54, 1.807) is 0 Å². The molecule has 0 spiro atoms. The Morgan fingerprint density at radius 2 is 1.89 bits per heavy atom. The van der Waals surface area contributed by atoms with Gasteiger partial charge in [0, 0.05) is 15.8 Å². The van der Waals surface area contributed by atoms with Crippen LogP contribution in [-0.4, -0.2) is 22.4 Å². The summed E-state index contributed by atoms with van der Waals surface area (Å²) in [5.41, 5.74) is 1.70. The number of hydrogen-bond acceptors (Lipinski definition) is 3. The Bertz CT molecular complexity index is 376. The van der Waals surface area contributed by atoms with Crippen LogP contribution in [0.15, 0.2) is 28.7 Å². The minimum absolute atomic E-state index is 0.286. The fourth-order valence-electron chi connectivity index (χ4n) is 2.95. The van der Waals surface area contributed by atoms with Crippen molar-refractivity contribution < 1.29 is 4.55 Å². The Labute approximate surface area is 128 Å². The van der Waals surface area contributed by atoms with Crippen LogP contribution in [0.4, 0.5) is 0 Å². The highest BCUT2D eigenvalue weighted by molar-refractivity contribution is 9.10. The van der Waals surface area contributed by atoms with E-state index < -0.39 is 0 Å². The summed E-state index contributed by atoms with van der Waals surface area (Å²) in [6, 6.07) is 8.69. The van der Waals surface area contributed by atoms with Crippen LogP contribution in [0.25, 0.3) is 0 Å². The van der Waals surface area contributed by atoms with Gasteiger partial charge in [0.25, 0.3) is 0 Å². The lowest BCUT2D eigenvalue weighted by Gasteiger charge is -2.31. The Balaban J connectivity index is 1.93. The molecule has 1 aliphatic carbocycles. The Hall–Kier alpha value is -0.0300. The quantitative estimate of drug-likeness (QED) is 0.565. The van der Waals surface area contributed by atoms with Crippen molar-refractivity contribution in [1.29, 1.82) is 0 Å². The maximum atomic E-state index is 8.77. The van der Waals surface area contributed by atoms with Gasteiger partial charge >= 0.3 is 0 Å². The lowest BCUT2D eigenvalue weighted by Crippen LogP contribution is -2.45. The van der Waals surface area contributed by atoms with Crippen molar-refractivity contribution in [3.8, 4) is 0 Å². The molecule has 1 saturated carbocycles. The smallest absolute Gasteiger partial charge is 0.0221 e. The van der Waals surface area contributed by atoms with E-state index in [4.69, 9.17) is 4.55 Å². The monoisotopic (exact) mass is 343 g/mol. The average Bonchev–Trinajstić information content (AvgIpc) is 2.87. The van der Waals surface area contributed by atoms with Crippen molar-refractivity contribution in [2.45, 2.75) is 44.1 Å². The Morgan fingerprint density at radius 3 is 2.53 bits per heavy atom. The number of rotatable bonds is 7. The Kier molecular flexibility index (Phi) is 6.20. The first-order chi connectivity index (χ1) is 9.24. The van der Waals surface area contributed by atoms with Gasteiger partial charge in [0.15, 0.2) is 0 Å². The summed E-state index contributed by atoms with van der Waals surface area (Å²) >= 11 is 4.43. The summed E-state index contributed by atoms with van der Waals surface area (Å²) in [5, 5.41) is 3.76. The molecular formula is C15H22BrNOS. The third kappa shape index (κ3) is 4.78. The molecule has 2 nitrogen and oxygen atoms in total. The number of hydrogen-bond donors (Lipinski definition) is 2. The van der Waals surface area contributed by atoms with E-state index in [0.717, 1.165) is 41.7 Å². The van der Waals surface area contributed by atoms with Crippen LogP contribution in [0.2, 0.25) is 0 Å². The first-order valence-corrected chi connectivity index (χ1v) is 8.73. The van der Waals surface area contributed by atoms with Crippen LogP contribution in [0.1, 0.15) is 37.7 Å². The van der Waals surface area contributed by atoms with Gasteiger partial charge in [-0.15, -0.1) is 0 Å². The predicted molar refractivity (Wildman–Crippen MR) is 86.8 cm³/mol. The molecule has 2 N–H and O–H groups in total. The van der Waals surface area contributed by atoms with Gasteiger partial charge in [-0.05, 0) is 62.0 Å². The molecule has 0 amide bonds. The topological polar surface area (TPSA) is 32.3 Å². The molecule has 0 radical (unpaired) electrons. The first-order valence-electron chi connectivity index (χ1n) is 7.00. The minimum Gasteiger partial charge on any atom is -0.330 e. The second-order valence-electron chi connectivity index (χ2n) is 5.40. The zero-order chi connectivity index (χ0) is 13.6. The standard InChI is InChI=1S/C15H22BrNOS/c16-14-6-4-13(5-7-14)12-15(8-1-2-9-15)17-10-3-11-19-18/h4-7,17-18H,1-3,8-12H2. The van der Waals surface area contributed by atoms with Crippen molar-refractivity contribution in [2.24, 2.45) is 0 Å².